The van der Waals surface area contributed by atoms with Crippen LogP contribution < -0.4 is 0 Å². The Kier molecular flexibility index (Phi) is 5.33. The number of ether oxygens (including phenoxy) is 1. The number of hydrogen-bond donors (Lipinski definition) is 1. The molecule has 7 heavy (non-hydrogen) atoms. The largest absolute Gasteiger partial charge is 0.385 e. The van der Waals surface area contributed by atoms with E-state index in [0.29, 0.717) is 0 Å². The van der Waals surface area contributed by atoms with Gasteiger partial charge in [0, 0.05) is 13.7 Å². The van der Waals surface area contributed by atoms with Crippen molar-refractivity contribution in [1.29, 1.82) is 5.41 Å². The minimum absolute atomic E-state index is 0.773. The zero-order valence-corrected chi connectivity index (χ0v) is 4.61. The van der Waals surface area contributed by atoms with E-state index in [1.165, 1.54) is 6.21 Å². The highest BCUT2D eigenvalue weighted by Crippen LogP contribution is 1.82. The molecule has 0 aliphatic rings. The van der Waals surface area contributed by atoms with Gasteiger partial charge in [0.25, 0.3) is 0 Å². The Morgan fingerprint density at radius 1 is 1.71 bits per heavy atom. The van der Waals surface area contributed by atoms with Crippen LogP contribution in [0.2, 0.25) is 0 Å². The standard InChI is InChI=1S/C5H11NO/c1-7-5-3-2-4-6/h4,6H,2-3,5H2,1H3. The maximum Gasteiger partial charge on any atom is 0.0465 e. The van der Waals surface area contributed by atoms with Crippen LogP contribution in [-0.2, 0) is 4.74 Å². The number of unbranched alkanes of at least 4 members (excludes halogenated alkanes) is 1. The van der Waals surface area contributed by atoms with Crippen molar-refractivity contribution in [1.82, 2.24) is 0 Å². The third-order valence-corrected chi connectivity index (χ3v) is 0.697. The van der Waals surface area contributed by atoms with Crippen molar-refractivity contribution in [2.24, 2.45) is 0 Å². The van der Waals surface area contributed by atoms with E-state index in [4.69, 9.17) is 10.1 Å². The van der Waals surface area contributed by atoms with Crippen molar-refractivity contribution in [3.63, 3.8) is 0 Å². The summed E-state index contributed by atoms with van der Waals surface area (Å²) in [4.78, 5) is 0. The molecule has 0 rings (SSSR count). The Labute approximate surface area is 44.0 Å². The molecule has 0 heterocycles. The molecule has 0 amide bonds. The lowest BCUT2D eigenvalue weighted by Crippen LogP contribution is -1.86. The molecule has 1 N–H and O–H groups in total. The first-order valence-electron chi connectivity index (χ1n) is 2.39. The third-order valence-electron chi connectivity index (χ3n) is 0.697. The van der Waals surface area contributed by atoms with E-state index in [0.717, 1.165) is 19.4 Å². The summed E-state index contributed by atoms with van der Waals surface area (Å²) in [6.07, 6.45) is 3.22. The molecule has 0 aromatic rings. The molecule has 0 fully saturated rings. The quantitative estimate of drug-likeness (QED) is 0.417. The van der Waals surface area contributed by atoms with E-state index < -0.39 is 0 Å². The van der Waals surface area contributed by atoms with E-state index in [-0.39, 0.29) is 0 Å². The van der Waals surface area contributed by atoms with E-state index in [9.17, 15) is 0 Å². The Bertz CT molecular complexity index is 45.3. The predicted molar refractivity (Wildman–Crippen MR) is 29.9 cm³/mol. The molecular weight excluding hydrogens is 90.1 g/mol. The Morgan fingerprint density at radius 3 is 2.86 bits per heavy atom. The molecule has 0 radical (unpaired) electrons. The highest BCUT2D eigenvalue weighted by molar-refractivity contribution is 5.52. The SMILES string of the molecule is COCCCC=N. The maximum atomic E-state index is 6.60. The van der Waals surface area contributed by atoms with Crippen LogP contribution in [0.3, 0.4) is 0 Å². The first-order valence-corrected chi connectivity index (χ1v) is 2.39. The molecule has 0 aromatic heterocycles. The zero-order valence-electron chi connectivity index (χ0n) is 4.61. The van der Waals surface area contributed by atoms with Crippen molar-refractivity contribution in [3.8, 4) is 0 Å². The summed E-state index contributed by atoms with van der Waals surface area (Å²) < 4.78 is 4.74. The van der Waals surface area contributed by atoms with Crippen LogP contribution in [0, 0.1) is 5.41 Å². The van der Waals surface area contributed by atoms with Crippen LogP contribution in [0.1, 0.15) is 12.8 Å². The monoisotopic (exact) mass is 101 g/mol. The van der Waals surface area contributed by atoms with Crippen molar-refractivity contribution in [2.45, 2.75) is 12.8 Å². The summed E-state index contributed by atoms with van der Waals surface area (Å²) in [6, 6.07) is 0. The van der Waals surface area contributed by atoms with Gasteiger partial charge in [0.1, 0.15) is 0 Å². The van der Waals surface area contributed by atoms with Crippen molar-refractivity contribution in [3.05, 3.63) is 0 Å². The first-order chi connectivity index (χ1) is 3.41. The van der Waals surface area contributed by atoms with Crippen LogP contribution in [0.15, 0.2) is 0 Å². The molecule has 42 valence electrons. The van der Waals surface area contributed by atoms with Gasteiger partial charge in [-0.05, 0) is 19.1 Å². The molecule has 0 bridgehead atoms. The van der Waals surface area contributed by atoms with E-state index >= 15 is 0 Å². The minimum atomic E-state index is 0.773. The zero-order chi connectivity index (χ0) is 5.54. The van der Waals surface area contributed by atoms with Gasteiger partial charge < -0.3 is 10.1 Å². The lowest BCUT2D eigenvalue weighted by Gasteiger charge is -1.90. The van der Waals surface area contributed by atoms with Gasteiger partial charge in [0.2, 0.25) is 0 Å². The molecule has 0 aliphatic carbocycles. The van der Waals surface area contributed by atoms with Crippen LogP contribution >= 0.6 is 0 Å². The number of methoxy groups -OCH3 is 1. The van der Waals surface area contributed by atoms with Gasteiger partial charge in [0.05, 0.1) is 0 Å². The Hall–Kier alpha value is -0.370. The summed E-state index contributed by atoms with van der Waals surface area (Å²) in [6.45, 7) is 0.773. The molecule has 0 unspecified atom stereocenters. The molecule has 0 atom stereocenters. The molecule has 0 spiro atoms. The summed E-state index contributed by atoms with van der Waals surface area (Å²) >= 11 is 0. The fourth-order valence-electron chi connectivity index (χ4n) is 0.330. The van der Waals surface area contributed by atoms with Gasteiger partial charge in [-0.25, -0.2) is 0 Å². The molecular formula is C5H11NO. The summed E-state index contributed by atoms with van der Waals surface area (Å²) in [5, 5.41) is 6.60. The highest BCUT2D eigenvalue weighted by atomic mass is 16.5. The van der Waals surface area contributed by atoms with Gasteiger partial charge in [0.15, 0.2) is 0 Å². The molecule has 2 nitrogen and oxygen atoms in total. The van der Waals surface area contributed by atoms with Gasteiger partial charge in [-0.15, -0.1) is 0 Å². The van der Waals surface area contributed by atoms with Crippen molar-refractivity contribution < 1.29 is 4.74 Å². The summed E-state index contributed by atoms with van der Waals surface area (Å²) in [5.74, 6) is 0. The van der Waals surface area contributed by atoms with Gasteiger partial charge in [-0.2, -0.15) is 0 Å². The second-order valence-corrected chi connectivity index (χ2v) is 1.34. The van der Waals surface area contributed by atoms with E-state index in [2.05, 4.69) is 0 Å². The van der Waals surface area contributed by atoms with Gasteiger partial charge >= 0.3 is 0 Å². The molecule has 0 saturated carbocycles. The average Bonchev–Trinajstić information content (AvgIpc) is 1.69. The van der Waals surface area contributed by atoms with Crippen LogP contribution in [0.5, 0.6) is 0 Å². The minimum Gasteiger partial charge on any atom is -0.385 e. The lowest BCUT2D eigenvalue weighted by atomic mass is 10.3. The Morgan fingerprint density at radius 2 is 2.43 bits per heavy atom. The fraction of sp³-hybridized carbons (Fsp3) is 0.800. The Balaban J connectivity index is 2.56. The first kappa shape index (κ1) is 6.63. The fourth-order valence-corrected chi connectivity index (χ4v) is 0.330. The van der Waals surface area contributed by atoms with Crippen molar-refractivity contribution >= 4 is 6.21 Å². The molecule has 0 saturated heterocycles. The molecule has 2 heteroatoms. The van der Waals surface area contributed by atoms with Crippen LogP contribution in [0.25, 0.3) is 0 Å². The van der Waals surface area contributed by atoms with Crippen molar-refractivity contribution in [2.75, 3.05) is 13.7 Å². The second-order valence-electron chi connectivity index (χ2n) is 1.34. The van der Waals surface area contributed by atoms with Crippen LogP contribution in [-0.4, -0.2) is 19.9 Å². The third kappa shape index (κ3) is 5.63. The van der Waals surface area contributed by atoms with Crippen LogP contribution in [0.4, 0.5) is 0 Å². The van der Waals surface area contributed by atoms with E-state index in [1.807, 2.05) is 0 Å². The summed E-state index contributed by atoms with van der Waals surface area (Å²) in [5.41, 5.74) is 0. The topological polar surface area (TPSA) is 33.1 Å². The summed E-state index contributed by atoms with van der Waals surface area (Å²) in [7, 11) is 1.67. The predicted octanol–water partition coefficient (Wildman–Crippen LogP) is 1.06. The van der Waals surface area contributed by atoms with Gasteiger partial charge in [-0.3, -0.25) is 0 Å². The maximum absolute atomic E-state index is 6.60. The number of hydrogen-bond acceptors (Lipinski definition) is 2. The number of nitrogens with one attached hydrogen (secondary N) is 1. The molecule has 0 aromatic carbocycles. The number of rotatable bonds is 4. The average molecular weight is 101 g/mol. The molecule has 0 aliphatic heterocycles. The lowest BCUT2D eigenvalue weighted by molar-refractivity contribution is 0.197. The smallest absolute Gasteiger partial charge is 0.0465 e. The van der Waals surface area contributed by atoms with E-state index in [1.54, 1.807) is 7.11 Å². The van der Waals surface area contributed by atoms with Gasteiger partial charge in [-0.1, -0.05) is 0 Å². The highest BCUT2D eigenvalue weighted by Gasteiger charge is 1.77. The second kappa shape index (κ2) is 5.63. The normalized spacial score (nSPS) is 8.71.